The van der Waals surface area contributed by atoms with Gasteiger partial charge >= 0.3 is 5.97 Å². The van der Waals surface area contributed by atoms with Gasteiger partial charge in [-0.3, -0.25) is 0 Å². The van der Waals surface area contributed by atoms with Crippen LogP contribution in [0.1, 0.15) is 28.5 Å². The first-order valence-corrected chi connectivity index (χ1v) is 9.79. The number of esters is 1. The smallest absolute Gasteiger partial charge is 0.340 e. The van der Waals surface area contributed by atoms with Crippen LogP contribution in [0, 0.1) is 0 Å². The van der Waals surface area contributed by atoms with E-state index >= 15 is 0 Å². The molecule has 0 aliphatic heterocycles. The van der Waals surface area contributed by atoms with Crippen molar-refractivity contribution in [3.05, 3.63) is 88.6 Å². The second kappa shape index (κ2) is 8.02. The number of hydrogen-bond acceptors (Lipinski definition) is 3. The number of carbonyl (C=O) groups is 1. The van der Waals surface area contributed by atoms with E-state index in [1.54, 1.807) is 13.0 Å². The molecule has 2 N–H and O–H groups in total. The van der Waals surface area contributed by atoms with Gasteiger partial charge in [-0.05, 0) is 42.3 Å². The van der Waals surface area contributed by atoms with E-state index in [0.717, 1.165) is 22.3 Å². The van der Waals surface area contributed by atoms with Crippen LogP contribution in [-0.4, -0.2) is 22.7 Å². The molecular formula is C24H20ClNO3. The summed E-state index contributed by atoms with van der Waals surface area (Å²) in [5.74, 6) is -0.301. The van der Waals surface area contributed by atoms with Crippen molar-refractivity contribution in [3.63, 3.8) is 0 Å². The zero-order valence-electron chi connectivity index (χ0n) is 15.9. The third kappa shape index (κ3) is 3.84. The number of benzene rings is 3. The molecular weight excluding hydrogens is 386 g/mol. The van der Waals surface area contributed by atoms with Crippen LogP contribution in [0.4, 0.5) is 0 Å². The topological polar surface area (TPSA) is 62.3 Å². The molecule has 1 heterocycles. The number of H-pyrrole nitrogens is 1. The van der Waals surface area contributed by atoms with Crippen molar-refractivity contribution >= 4 is 28.5 Å². The lowest BCUT2D eigenvalue weighted by Crippen LogP contribution is -2.07. The molecule has 0 unspecified atom stereocenters. The Morgan fingerprint density at radius 1 is 1.07 bits per heavy atom. The second-order valence-electron chi connectivity index (χ2n) is 6.79. The summed E-state index contributed by atoms with van der Waals surface area (Å²) in [5, 5.41) is 11.9. The van der Waals surface area contributed by atoms with Crippen molar-refractivity contribution < 1.29 is 14.6 Å². The van der Waals surface area contributed by atoms with Gasteiger partial charge in [-0.2, -0.15) is 0 Å². The number of nitrogens with one attached hydrogen (secondary N) is 1. The molecule has 29 heavy (non-hydrogen) atoms. The Morgan fingerprint density at radius 3 is 2.59 bits per heavy atom. The molecule has 0 saturated heterocycles. The number of rotatable bonds is 5. The Balaban J connectivity index is 1.87. The van der Waals surface area contributed by atoms with Gasteiger partial charge in [0.05, 0.1) is 12.2 Å². The van der Waals surface area contributed by atoms with Gasteiger partial charge < -0.3 is 14.8 Å². The molecule has 0 spiro atoms. The second-order valence-corrected chi connectivity index (χ2v) is 7.22. The largest absolute Gasteiger partial charge is 0.507 e. The number of ether oxygens (including phenoxy) is 1. The minimum Gasteiger partial charge on any atom is -0.507 e. The highest BCUT2D eigenvalue weighted by Crippen LogP contribution is 2.36. The van der Waals surface area contributed by atoms with E-state index in [1.807, 2.05) is 60.7 Å². The van der Waals surface area contributed by atoms with E-state index in [2.05, 4.69) is 4.98 Å². The van der Waals surface area contributed by atoms with Crippen molar-refractivity contribution in [1.82, 2.24) is 4.98 Å². The highest BCUT2D eigenvalue weighted by Gasteiger charge is 2.22. The number of phenolic OH excluding ortho intramolecular Hbond substituents is 1. The van der Waals surface area contributed by atoms with Crippen molar-refractivity contribution in [1.29, 1.82) is 0 Å². The van der Waals surface area contributed by atoms with Gasteiger partial charge in [0.1, 0.15) is 5.75 Å². The van der Waals surface area contributed by atoms with Gasteiger partial charge in [0, 0.05) is 33.6 Å². The molecule has 4 aromatic rings. The van der Waals surface area contributed by atoms with E-state index in [4.69, 9.17) is 16.3 Å². The fourth-order valence-corrected chi connectivity index (χ4v) is 3.77. The number of halogens is 1. The minimum atomic E-state index is -0.414. The Hall–Kier alpha value is -3.24. The number of carbonyl (C=O) groups excluding carboxylic acids is 1. The van der Waals surface area contributed by atoms with Crippen molar-refractivity contribution in [2.24, 2.45) is 0 Å². The first-order chi connectivity index (χ1) is 14.1. The Bertz CT molecular complexity index is 1180. The maximum atomic E-state index is 12.7. The van der Waals surface area contributed by atoms with Crippen LogP contribution in [0.25, 0.3) is 22.0 Å². The molecule has 0 fully saturated rings. The molecule has 0 bridgehead atoms. The predicted molar refractivity (Wildman–Crippen MR) is 116 cm³/mol. The number of phenols is 1. The molecule has 0 atom stereocenters. The molecule has 0 radical (unpaired) electrons. The lowest BCUT2D eigenvalue weighted by atomic mass is 10.0. The van der Waals surface area contributed by atoms with E-state index < -0.39 is 5.97 Å². The monoisotopic (exact) mass is 405 g/mol. The molecule has 4 nitrogen and oxygen atoms in total. The van der Waals surface area contributed by atoms with Crippen LogP contribution in [0.5, 0.6) is 5.75 Å². The lowest BCUT2D eigenvalue weighted by Gasteiger charge is -2.07. The van der Waals surface area contributed by atoms with Gasteiger partial charge in [-0.1, -0.05) is 54.1 Å². The molecule has 0 saturated carbocycles. The highest BCUT2D eigenvalue weighted by molar-refractivity contribution is 6.30. The van der Waals surface area contributed by atoms with E-state index in [1.165, 1.54) is 0 Å². The third-order valence-corrected chi connectivity index (χ3v) is 5.06. The summed E-state index contributed by atoms with van der Waals surface area (Å²) >= 11 is 6.12. The summed E-state index contributed by atoms with van der Waals surface area (Å²) in [6, 6.07) is 20.6. The quantitative estimate of drug-likeness (QED) is 0.402. The summed E-state index contributed by atoms with van der Waals surface area (Å²) in [5.41, 5.74) is 4.51. The minimum absolute atomic E-state index is 0.113. The number of aromatic nitrogens is 1. The van der Waals surface area contributed by atoms with Crippen LogP contribution in [0.3, 0.4) is 0 Å². The van der Waals surface area contributed by atoms with E-state index in [9.17, 15) is 9.90 Å². The summed E-state index contributed by atoms with van der Waals surface area (Å²) in [6.07, 6.45) is 0.491. The van der Waals surface area contributed by atoms with Crippen LogP contribution < -0.4 is 0 Å². The molecule has 1 aromatic heterocycles. The van der Waals surface area contributed by atoms with Gasteiger partial charge in [-0.15, -0.1) is 0 Å². The Labute approximate surface area is 173 Å². The number of fused-ring (bicyclic) bond motifs is 1. The molecule has 4 rings (SSSR count). The standard InChI is InChI=1S/C24H20ClNO3/c1-2-29-24(28)23-19-14-22(27)18(16-8-4-3-5-9-16)13-20(19)26-21(23)12-15-7-6-10-17(25)11-15/h3-11,13-14,26-27H,2,12H2,1H3. The summed E-state index contributed by atoms with van der Waals surface area (Å²) in [7, 11) is 0. The fourth-order valence-electron chi connectivity index (χ4n) is 3.56. The van der Waals surface area contributed by atoms with Gasteiger partial charge in [0.25, 0.3) is 0 Å². The van der Waals surface area contributed by atoms with Crippen molar-refractivity contribution in [2.75, 3.05) is 6.61 Å². The first-order valence-electron chi connectivity index (χ1n) is 9.41. The fraction of sp³-hybridized carbons (Fsp3) is 0.125. The highest BCUT2D eigenvalue weighted by atomic mass is 35.5. The third-order valence-electron chi connectivity index (χ3n) is 4.83. The summed E-state index contributed by atoms with van der Waals surface area (Å²) < 4.78 is 5.28. The van der Waals surface area contributed by atoms with Gasteiger partial charge in [-0.25, -0.2) is 4.79 Å². The zero-order valence-corrected chi connectivity index (χ0v) is 16.7. The Morgan fingerprint density at radius 2 is 1.86 bits per heavy atom. The lowest BCUT2D eigenvalue weighted by molar-refractivity contribution is 0.0527. The molecule has 0 amide bonds. The van der Waals surface area contributed by atoms with Gasteiger partial charge in [0.2, 0.25) is 0 Å². The van der Waals surface area contributed by atoms with Crippen LogP contribution in [-0.2, 0) is 11.2 Å². The molecule has 0 aliphatic rings. The van der Waals surface area contributed by atoms with Crippen molar-refractivity contribution in [2.45, 2.75) is 13.3 Å². The number of aromatic amines is 1. The first kappa shape index (κ1) is 19.1. The van der Waals surface area contributed by atoms with Crippen molar-refractivity contribution in [3.8, 4) is 16.9 Å². The zero-order chi connectivity index (χ0) is 20.4. The maximum absolute atomic E-state index is 12.7. The van der Waals surface area contributed by atoms with E-state index in [0.29, 0.717) is 28.0 Å². The van der Waals surface area contributed by atoms with Crippen LogP contribution in [0.15, 0.2) is 66.7 Å². The molecule has 5 heteroatoms. The molecule has 3 aromatic carbocycles. The summed E-state index contributed by atoms with van der Waals surface area (Å²) in [6.45, 7) is 2.05. The number of hydrogen-bond donors (Lipinski definition) is 2. The molecule has 0 aliphatic carbocycles. The van der Waals surface area contributed by atoms with E-state index in [-0.39, 0.29) is 12.4 Å². The SMILES string of the molecule is CCOC(=O)c1c(Cc2cccc(Cl)c2)[nH]c2cc(-c3ccccc3)c(O)cc12. The normalized spacial score (nSPS) is 11.0. The van der Waals surface area contributed by atoms with Crippen LogP contribution in [0.2, 0.25) is 5.02 Å². The van der Waals surface area contributed by atoms with Crippen LogP contribution >= 0.6 is 11.6 Å². The van der Waals surface area contributed by atoms with Gasteiger partial charge in [0.15, 0.2) is 0 Å². The maximum Gasteiger partial charge on any atom is 0.340 e. The summed E-state index contributed by atoms with van der Waals surface area (Å²) in [4.78, 5) is 16.1. The predicted octanol–water partition coefficient (Wildman–Crippen LogP) is 5.96. The average Bonchev–Trinajstić information content (AvgIpc) is 3.05. The average molecular weight is 406 g/mol. The Kier molecular flexibility index (Phi) is 5.28. The number of aromatic hydroxyl groups is 1. The molecule has 146 valence electrons.